The van der Waals surface area contributed by atoms with Crippen molar-refractivity contribution < 1.29 is 9.09 Å². The molecular formula is C18H24NO2P. The minimum Gasteiger partial charge on any atom is -0.370 e. The van der Waals surface area contributed by atoms with Gasteiger partial charge in [-0.3, -0.25) is 4.57 Å². The standard InChI is InChI=1S/C18H24NO2P/c1-15(2)14-21-22(3,20)18(16-10-6-4-7-11-16)19-17-12-8-5-9-13-17/h4-13,15,18-19H,14H2,1-3H3/t18-,22-/m1/s1. The lowest BCUT2D eigenvalue weighted by Gasteiger charge is -2.27. The Hall–Kier alpha value is -1.57. The average molecular weight is 317 g/mol. The number of anilines is 1. The fraction of sp³-hybridized carbons (Fsp3) is 0.333. The van der Waals surface area contributed by atoms with Gasteiger partial charge in [-0.05, 0) is 23.6 Å². The second-order valence-corrected chi connectivity index (χ2v) is 8.51. The lowest BCUT2D eigenvalue weighted by molar-refractivity contribution is 0.269. The quantitative estimate of drug-likeness (QED) is 0.697. The fourth-order valence-corrected chi connectivity index (χ4v) is 4.01. The maximum absolute atomic E-state index is 13.1. The van der Waals surface area contributed by atoms with E-state index < -0.39 is 7.37 Å². The van der Waals surface area contributed by atoms with Gasteiger partial charge >= 0.3 is 0 Å². The van der Waals surface area contributed by atoms with Crippen LogP contribution in [0.3, 0.4) is 0 Å². The van der Waals surface area contributed by atoms with Gasteiger partial charge in [0.15, 0.2) is 0 Å². The Kier molecular flexibility index (Phi) is 5.82. The smallest absolute Gasteiger partial charge is 0.226 e. The lowest BCUT2D eigenvalue weighted by atomic mass is 10.2. The third-order valence-electron chi connectivity index (χ3n) is 3.33. The zero-order valence-electron chi connectivity index (χ0n) is 13.4. The first-order valence-corrected chi connectivity index (χ1v) is 9.71. The van der Waals surface area contributed by atoms with Gasteiger partial charge in [-0.1, -0.05) is 62.4 Å². The van der Waals surface area contributed by atoms with Gasteiger partial charge in [0.25, 0.3) is 0 Å². The van der Waals surface area contributed by atoms with Crippen LogP contribution in [0.2, 0.25) is 0 Å². The molecule has 4 heteroatoms. The molecule has 2 rings (SSSR count). The number of para-hydroxylation sites is 1. The molecule has 0 aliphatic heterocycles. The van der Waals surface area contributed by atoms with Crippen LogP contribution in [0, 0.1) is 5.92 Å². The predicted molar refractivity (Wildman–Crippen MR) is 93.6 cm³/mol. The molecule has 0 saturated heterocycles. The summed E-state index contributed by atoms with van der Waals surface area (Å²) >= 11 is 0. The van der Waals surface area contributed by atoms with Crippen LogP contribution < -0.4 is 5.32 Å². The molecule has 0 bridgehead atoms. The number of hydrogen-bond donors (Lipinski definition) is 1. The third-order valence-corrected chi connectivity index (χ3v) is 5.35. The SMILES string of the molecule is CC(C)CO[P@@](C)(=O)[C@@H](Nc1ccccc1)c1ccccc1. The highest BCUT2D eigenvalue weighted by Crippen LogP contribution is 2.57. The van der Waals surface area contributed by atoms with Gasteiger partial charge in [-0.25, -0.2) is 0 Å². The van der Waals surface area contributed by atoms with Crippen molar-refractivity contribution in [3.63, 3.8) is 0 Å². The van der Waals surface area contributed by atoms with Gasteiger partial charge < -0.3 is 9.84 Å². The summed E-state index contributed by atoms with van der Waals surface area (Å²) in [6.07, 6.45) is 0. The van der Waals surface area contributed by atoms with Gasteiger partial charge in [0, 0.05) is 12.4 Å². The highest BCUT2D eigenvalue weighted by molar-refractivity contribution is 7.58. The molecule has 0 aromatic heterocycles. The molecule has 0 heterocycles. The molecule has 0 unspecified atom stereocenters. The summed E-state index contributed by atoms with van der Waals surface area (Å²) in [6.45, 7) is 6.32. The van der Waals surface area contributed by atoms with Gasteiger partial charge in [-0.2, -0.15) is 0 Å². The normalized spacial score (nSPS) is 15.3. The van der Waals surface area contributed by atoms with E-state index in [9.17, 15) is 4.57 Å². The summed E-state index contributed by atoms with van der Waals surface area (Å²) in [5.74, 6) is -0.00345. The van der Waals surface area contributed by atoms with Gasteiger partial charge in [0.05, 0.1) is 6.61 Å². The Balaban J connectivity index is 2.27. The van der Waals surface area contributed by atoms with Crippen molar-refractivity contribution in [2.45, 2.75) is 19.6 Å². The number of nitrogens with one attached hydrogen (secondary N) is 1. The molecule has 0 aliphatic carbocycles. The monoisotopic (exact) mass is 317 g/mol. The predicted octanol–water partition coefficient (Wildman–Crippen LogP) is 5.38. The van der Waals surface area contributed by atoms with E-state index in [1.807, 2.05) is 60.7 Å². The molecule has 2 aromatic rings. The van der Waals surface area contributed by atoms with Gasteiger partial charge in [-0.15, -0.1) is 0 Å². The van der Waals surface area contributed by atoms with Crippen molar-refractivity contribution in [3.05, 3.63) is 66.2 Å². The number of hydrogen-bond acceptors (Lipinski definition) is 3. The van der Waals surface area contributed by atoms with Crippen LogP contribution in [0.15, 0.2) is 60.7 Å². The summed E-state index contributed by atoms with van der Waals surface area (Å²) in [6, 6.07) is 19.7. The van der Waals surface area contributed by atoms with Crippen LogP contribution in [-0.4, -0.2) is 13.3 Å². The molecule has 3 nitrogen and oxygen atoms in total. The van der Waals surface area contributed by atoms with E-state index in [0.717, 1.165) is 11.3 Å². The second-order valence-electron chi connectivity index (χ2n) is 5.92. The zero-order chi connectivity index (χ0) is 16.0. The first kappa shape index (κ1) is 16.8. The van der Waals surface area contributed by atoms with Crippen LogP contribution in [-0.2, 0) is 9.09 Å². The third kappa shape index (κ3) is 4.72. The Morgan fingerprint density at radius 1 is 1.00 bits per heavy atom. The molecule has 1 N–H and O–H groups in total. The van der Waals surface area contributed by atoms with Gasteiger partial charge in [0.2, 0.25) is 7.37 Å². The van der Waals surface area contributed by atoms with E-state index in [0.29, 0.717) is 12.5 Å². The Labute approximate surface area is 133 Å². The van der Waals surface area contributed by atoms with Crippen LogP contribution in [0.25, 0.3) is 0 Å². The Morgan fingerprint density at radius 2 is 1.55 bits per heavy atom. The number of benzene rings is 2. The first-order chi connectivity index (χ1) is 10.5. The molecule has 2 aromatic carbocycles. The fourth-order valence-electron chi connectivity index (χ4n) is 2.17. The molecule has 0 amide bonds. The minimum atomic E-state index is -2.86. The lowest BCUT2D eigenvalue weighted by Crippen LogP contribution is -2.14. The summed E-state index contributed by atoms with van der Waals surface area (Å²) in [5, 5.41) is 3.37. The van der Waals surface area contributed by atoms with E-state index in [-0.39, 0.29) is 5.78 Å². The van der Waals surface area contributed by atoms with Crippen LogP contribution >= 0.6 is 7.37 Å². The molecular weight excluding hydrogens is 293 g/mol. The van der Waals surface area contributed by atoms with Crippen LogP contribution in [0.1, 0.15) is 25.2 Å². The topological polar surface area (TPSA) is 38.3 Å². The molecule has 0 saturated carbocycles. The molecule has 0 aliphatic rings. The summed E-state index contributed by atoms with van der Waals surface area (Å²) < 4.78 is 18.9. The maximum atomic E-state index is 13.1. The van der Waals surface area contributed by atoms with E-state index in [1.54, 1.807) is 6.66 Å². The molecule has 2 atom stereocenters. The summed E-state index contributed by atoms with van der Waals surface area (Å²) in [4.78, 5) is 0. The highest BCUT2D eigenvalue weighted by atomic mass is 31.2. The average Bonchev–Trinajstić information content (AvgIpc) is 2.52. The van der Waals surface area contributed by atoms with E-state index in [4.69, 9.17) is 4.52 Å². The summed E-state index contributed by atoms with van der Waals surface area (Å²) in [7, 11) is -2.86. The van der Waals surface area contributed by atoms with Crippen molar-refractivity contribution >= 4 is 13.1 Å². The largest absolute Gasteiger partial charge is 0.370 e. The molecule has 22 heavy (non-hydrogen) atoms. The molecule has 0 spiro atoms. The first-order valence-electron chi connectivity index (χ1n) is 7.57. The van der Waals surface area contributed by atoms with E-state index >= 15 is 0 Å². The van der Waals surface area contributed by atoms with Crippen molar-refractivity contribution in [2.24, 2.45) is 5.92 Å². The van der Waals surface area contributed by atoms with Crippen molar-refractivity contribution in [2.75, 3.05) is 18.6 Å². The summed E-state index contributed by atoms with van der Waals surface area (Å²) in [5.41, 5.74) is 1.91. The Morgan fingerprint density at radius 3 is 2.09 bits per heavy atom. The second kappa shape index (κ2) is 7.62. The molecule has 0 radical (unpaired) electrons. The van der Waals surface area contributed by atoms with Crippen LogP contribution in [0.4, 0.5) is 5.69 Å². The Bertz CT molecular complexity index is 613. The maximum Gasteiger partial charge on any atom is 0.226 e. The minimum absolute atomic E-state index is 0.349. The van der Waals surface area contributed by atoms with Crippen molar-refractivity contribution in [3.8, 4) is 0 Å². The number of rotatable bonds is 7. The highest BCUT2D eigenvalue weighted by Gasteiger charge is 2.31. The van der Waals surface area contributed by atoms with Crippen molar-refractivity contribution in [1.82, 2.24) is 0 Å². The van der Waals surface area contributed by atoms with Crippen molar-refractivity contribution in [1.29, 1.82) is 0 Å². The van der Waals surface area contributed by atoms with Gasteiger partial charge in [0.1, 0.15) is 5.78 Å². The van der Waals surface area contributed by atoms with E-state index in [1.165, 1.54) is 0 Å². The van der Waals surface area contributed by atoms with E-state index in [2.05, 4.69) is 19.2 Å². The molecule has 118 valence electrons. The van der Waals surface area contributed by atoms with Crippen LogP contribution in [0.5, 0.6) is 0 Å². The molecule has 0 fully saturated rings. The zero-order valence-corrected chi connectivity index (χ0v) is 14.3.